The van der Waals surface area contributed by atoms with Crippen molar-refractivity contribution >= 4 is 17.8 Å². The molecule has 0 unspecified atom stereocenters. The van der Waals surface area contributed by atoms with Crippen LogP contribution in [0.4, 0.5) is 4.79 Å². The number of carbonyl (C=O) groups is 1. The van der Waals surface area contributed by atoms with Gasteiger partial charge in [-0.15, -0.1) is 0 Å². The number of hydrogen-bond acceptors (Lipinski definition) is 4. The summed E-state index contributed by atoms with van der Waals surface area (Å²) in [6, 6.07) is -0.203. The molecule has 0 saturated carbocycles. The lowest BCUT2D eigenvalue weighted by atomic mass is 10.9. The van der Waals surface area contributed by atoms with Gasteiger partial charge in [0.15, 0.2) is 12.9 Å². The number of hydrogen-bond donors (Lipinski definition) is 0. The van der Waals surface area contributed by atoms with Gasteiger partial charge in [-0.25, -0.2) is 4.79 Å². The van der Waals surface area contributed by atoms with Crippen molar-refractivity contribution in [3.05, 3.63) is 0 Å². The first-order chi connectivity index (χ1) is 4.81. The van der Waals surface area contributed by atoms with Crippen LogP contribution in [0.2, 0.25) is 0 Å². The van der Waals surface area contributed by atoms with E-state index in [1.165, 1.54) is 0 Å². The van der Waals surface area contributed by atoms with Gasteiger partial charge >= 0.3 is 6.16 Å². The second kappa shape index (κ2) is 6.64. The molecule has 10 heavy (non-hydrogen) atoms. The second-order valence-electron chi connectivity index (χ2n) is 1.26. The fourth-order valence-electron chi connectivity index (χ4n) is 0.259. The Balaban J connectivity index is 3.05. The molecule has 0 fully saturated rings. The molecule has 0 rings (SSSR count). The monoisotopic (exact) mass is 168 g/mol. The minimum atomic E-state index is -0.816. The van der Waals surface area contributed by atoms with Crippen molar-refractivity contribution in [2.45, 2.75) is 6.92 Å². The highest BCUT2D eigenvalue weighted by Gasteiger charge is 1.99. The lowest BCUT2D eigenvalue weighted by Gasteiger charge is -2.01. The predicted octanol–water partition coefficient (Wildman–Crippen LogP) is 1.33. The highest BCUT2D eigenvalue weighted by Crippen LogP contribution is 1.87. The Bertz CT molecular complexity index is 95.6. The second-order valence-corrected chi connectivity index (χ2v) is 1.48. The van der Waals surface area contributed by atoms with Gasteiger partial charge in [0.25, 0.3) is 0 Å². The zero-order chi connectivity index (χ0) is 7.82. The van der Waals surface area contributed by atoms with Gasteiger partial charge in [0.2, 0.25) is 0 Å². The summed E-state index contributed by atoms with van der Waals surface area (Å²) in [5.41, 5.74) is 0. The standard InChI is InChI=1S/C5H9ClO4/c1-2-8-4-10-5(7)9-3-6/h2-4H2,1H3. The molecule has 60 valence electrons. The molecular weight excluding hydrogens is 160 g/mol. The summed E-state index contributed by atoms with van der Waals surface area (Å²) in [6.07, 6.45) is -0.816. The molecule has 0 aromatic carbocycles. The van der Waals surface area contributed by atoms with Crippen LogP contribution in [0.5, 0.6) is 0 Å². The van der Waals surface area contributed by atoms with E-state index in [1.54, 1.807) is 6.92 Å². The van der Waals surface area contributed by atoms with Crippen molar-refractivity contribution < 1.29 is 19.0 Å². The average molecular weight is 169 g/mol. The van der Waals surface area contributed by atoms with E-state index in [4.69, 9.17) is 11.6 Å². The molecule has 0 atom stereocenters. The van der Waals surface area contributed by atoms with Gasteiger partial charge in [-0.1, -0.05) is 11.6 Å². The lowest BCUT2D eigenvalue weighted by Crippen LogP contribution is -2.09. The first kappa shape index (κ1) is 9.52. The van der Waals surface area contributed by atoms with Crippen LogP contribution in [0.1, 0.15) is 6.92 Å². The third-order valence-electron chi connectivity index (χ3n) is 0.637. The van der Waals surface area contributed by atoms with Crippen molar-refractivity contribution in [1.29, 1.82) is 0 Å². The molecule has 0 spiro atoms. The summed E-state index contributed by atoms with van der Waals surface area (Å²) in [5.74, 6) is 0. The van der Waals surface area contributed by atoms with Crippen LogP contribution >= 0.6 is 11.6 Å². The first-order valence-electron chi connectivity index (χ1n) is 2.74. The van der Waals surface area contributed by atoms with E-state index in [1.807, 2.05) is 0 Å². The molecule has 0 radical (unpaired) electrons. The summed E-state index contributed by atoms with van der Waals surface area (Å²) in [7, 11) is 0. The van der Waals surface area contributed by atoms with Crippen LogP contribution < -0.4 is 0 Å². The van der Waals surface area contributed by atoms with Crippen LogP contribution in [0.15, 0.2) is 0 Å². The normalized spacial score (nSPS) is 9.00. The Kier molecular flexibility index (Phi) is 6.32. The third kappa shape index (κ3) is 5.65. The Morgan fingerprint density at radius 3 is 2.70 bits per heavy atom. The van der Waals surface area contributed by atoms with Crippen molar-refractivity contribution in [1.82, 2.24) is 0 Å². The van der Waals surface area contributed by atoms with Crippen molar-refractivity contribution in [2.75, 3.05) is 19.5 Å². The van der Waals surface area contributed by atoms with Gasteiger partial charge in [-0.3, -0.25) is 0 Å². The topological polar surface area (TPSA) is 44.8 Å². The van der Waals surface area contributed by atoms with E-state index in [2.05, 4.69) is 14.2 Å². The number of ether oxygens (including phenoxy) is 3. The molecule has 0 amide bonds. The fourth-order valence-corrected chi connectivity index (χ4v) is 0.348. The van der Waals surface area contributed by atoms with Gasteiger partial charge in [-0.2, -0.15) is 0 Å². The molecule has 5 heteroatoms. The molecule has 0 aliphatic carbocycles. The van der Waals surface area contributed by atoms with E-state index in [9.17, 15) is 4.79 Å². The average Bonchev–Trinajstić information content (AvgIpc) is 1.89. The molecule has 0 saturated heterocycles. The molecule has 0 aliphatic heterocycles. The van der Waals surface area contributed by atoms with Crippen LogP contribution in [0, 0.1) is 0 Å². The highest BCUT2D eigenvalue weighted by molar-refractivity contribution is 6.17. The summed E-state index contributed by atoms with van der Waals surface area (Å²) in [4.78, 5) is 10.3. The van der Waals surface area contributed by atoms with Crippen LogP contribution in [-0.2, 0) is 14.2 Å². The minimum Gasteiger partial charge on any atom is -0.418 e. The third-order valence-corrected chi connectivity index (χ3v) is 0.746. The number of halogens is 1. The summed E-state index contributed by atoms with van der Waals surface area (Å²) in [5, 5.41) is 0. The highest BCUT2D eigenvalue weighted by atomic mass is 35.5. The largest absolute Gasteiger partial charge is 0.511 e. The molecule has 0 heterocycles. The zero-order valence-corrected chi connectivity index (χ0v) is 6.39. The Labute approximate surface area is 64.0 Å². The van der Waals surface area contributed by atoms with Crippen molar-refractivity contribution in [2.24, 2.45) is 0 Å². The van der Waals surface area contributed by atoms with Crippen molar-refractivity contribution in [3.8, 4) is 0 Å². The molecular formula is C5H9ClO4. The number of alkyl halides is 1. The van der Waals surface area contributed by atoms with Gasteiger partial charge in [0.1, 0.15) is 0 Å². The molecule has 0 aromatic heterocycles. The van der Waals surface area contributed by atoms with Crippen LogP contribution in [0.25, 0.3) is 0 Å². The molecule has 0 N–H and O–H groups in total. The molecule has 0 aliphatic rings. The van der Waals surface area contributed by atoms with E-state index in [0.717, 1.165) is 0 Å². The number of carbonyl (C=O) groups excluding carboxylic acids is 1. The van der Waals surface area contributed by atoms with Gasteiger partial charge in [0.05, 0.1) is 0 Å². The quantitative estimate of drug-likeness (QED) is 0.275. The van der Waals surface area contributed by atoms with Crippen molar-refractivity contribution in [3.63, 3.8) is 0 Å². The van der Waals surface area contributed by atoms with E-state index in [-0.39, 0.29) is 12.9 Å². The zero-order valence-electron chi connectivity index (χ0n) is 5.63. The summed E-state index contributed by atoms with van der Waals surface area (Å²) in [6.45, 7) is 2.19. The van der Waals surface area contributed by atoms with Crippen LogP contribution in [0.3, 0.4) is 0 Å². The smallest absolute Gasteiger partial charge is 0.418 e. The molecule has 4 nitrogen and oxygen atoms in total. The summed E-state index contributed by atoms with van der Waals surface area (Å²) < 4.78 is 13.3. The first-order valence-corrected chi connectivity index (χ1v) is 3.28. The number of rotatable bonds is 4. The van der Waals surface area contributed by atoms with E-state index < -0.39 is 6.16 Å². The maximum atomic E-state index is 10.3. The maximum Gasteiger partial charge on any atom is 0.511 e. The Hall–Kier alpha value is -0.480. The Morgan fingerprint density at radius 1 is 1.50 bits per heavy atom. The minimum absolute atomic E-state index is 0.0910. The van der Waals surface area contributed by atoms with Gasteiger partial charge < -0.3 is 14.2 Å². The molecule has 0 aromatic rings. The van der Waals surface area contributed by atoms with Gasteiger partial charge in [0, 0.05) is 6.61 Å². The lowest BCUT2D eigenvalue weighted by molar-refractivity contribution is -0.0368. The predicted molar refractivity (Wildman–Crippen MR) is 34.8 cm³/mol. The van der Waals surface area contributed by atoms with E-state index >= 15 is 0 Å². The summed E-state index contributed by atoms with van der Waals surface area (Å²) >= 11 is 5.05. The van der Waals surface area contributed by atoms with Crippen LogP contribution in [-0.4, -0.2) is 25.6 Å². The fraction of sp³-hybridized carbons (Fsp3) is 0.800. The molecule has 0 bridgehead atoms. The van der Waals surface area contributed by atoms with E-state index in [0.29, 0.717) is 6.61 Å². The SMILES string of the molecule is CCOCOC(=O)OCCl. The van der Waals surface area contributed by atoms with Gasteiger partial charge in [-0.05, 0) is 6.92 Å². The Morgan fingerprint density at radius 2 is 2.20 bits per heavy atom. The maximum absolute atomic E-state index is 10.3.